The minimum atomic E-state index is -0.142. The molecule has 0 aromatic carbocycles. The number of hydrogen-bond donors (Lipinski definition) is 0. The molecule has 2 saturated heterocycles. The second-order valence-electron chi connectivity index (χ2n) is 9.35. The molecule has 1 unspecified atom stereocenters. The Hall–Kier alpha value is -1.62. The number of amides is 1. The van der Waals surface area contributed by atoms with Gasteiger partial charge in [-0.25, -0.2) is 4.98 Å². The standard InChI is InChI=1S/C23H34N2O3/c1-18-6-12-24-20(16-18)28-19-7-15-27-23(17-19)10-13-25(14-11-23)21(26)22(2)8-4-3-5-9-22/h6,12,16,19H,3-5,7-11,13-15,17H2,1-2H3. The Bertz CT molecular complexity index is 691. The zero-order valence-corrected chi connectivity index (χ0v) is 17.4. The molecule has 3 aliphatic rings. The molecule has 4 rings (SSSR count). The van der Waals surface area contributed by atoms with E-state index in [2.05, 4.69) is 23.7 Å². The van der Waals surface area contributed by atoms with Crippen LogP contribution in [0.1, 0.15) is 70.3 Å². The fourth-order valence-corrected chi connectivity index (χ4v) is 5.22. The topological polar surface area (TPSA) is 51.7 Å². The van der Waals surface area contributed by atoms with E-state index in [1.807, 2.05) is 12.1 Å². The van der Waals surface area contributed by atoms with Gasteiger partial charge >= 0.3 is 0 Å². The summed E-state index contributed by atoms with van der Waals surface area (Å²) in [6.07, 6.45) is 11.3. The lowest BCUT2D eigenvalue weighted by Gasteiger charge is -2.47. The molecule has 1 aliphatic carbocycles. The van der Waals surface area contributed by atoms with Crippen LogP contribution in [0.3, 0.4) is 0 Å². The van der Waals surface area contributed by atoms with Crippen molar-refractivity contribution in [2.45, 2.75) is 83.3 Å². The third kappa shape index (κ3) is 4.19. The Morgan fingerprint density at radius 2 is 1.96 bits per heavy atom. The highest BCUT2D eigenvalue weighted by atomic mass is 16.5. The number of aryl methyl sites for hydroxylation is 1. The zero-order valence-electron chi connectivity index (χ0n) is 17.4. The third-order valence-corrected chi connectivity index (χ3v) is 7.06. The number of likely N-dealkylation sites (tertiary alicyclic amines) is 1. The molecule has 3 heterocycles. The van der Waals surface area contributed by atoms with Crippen LogP contribution in [0.2, 0.25) is 0 Å². The minimum Gasteiger partial charge on any atom is -0.474 e. The van der Waals surface area contributed by atoms with E-state index in [9.17, 15) is 4.79 Å². The first-order chi connectivity index (χ1) is 13.5. The molecule has 0 radical (unpaired) electrons. The zero-order chi connectivity index (χ0) is 19.6. The number of pyridine rings is 1. The average Bonchev–Trinajstić information content (AvgIpc) is 2.69. The molecule has 154 valence electrons. The summed E-state index contributed by atoms with van der Waals surface area (Å²) in [6.45, 7) is 6.57. The van der Waals surface area contributed by atoms with E-state index in [4.69, 9.17) is 9.47 Å². The Morgan fingerprint density at radius 1 is 1.21 bits per heavy atom. The summed E-state index contributed by atoms with van der Waals surface area (Å²) < 4.78 is 12.4. The van der Waals surface area contributed by atoms with E-state index in [0.29, 0.717) is 11.8 Å². The molecule has 1 saturated carbocycles. The number of rotatable bonds is 3. The van der Waals surface area contributed by atoms with E-state index >= 15 is 0 Å². The Morgan fingerprint density at radius 3 is 2.68 bits per heavy atom. The second kappa shape index (κ2) is 8.02. The van der Waals surface area contributed by atoms with E-state index in [1.165, 1.54) is 19.3 Å². The van der Waals surface area contributed by atoms with Crippen LogP contribution in [0.5, 0.6) is 5.88 Å². The maximum atomic E-state index is 13.1. The van der Waals surface area contributed by atoms with Crippen molar-refractivity contribution in [3.8, 4) is 5.88 Å². The summed E-state index contributed by atoms with van der Waals surface area (Å²) >= 11 is 0. The van der Waals surface area contributed by atoms with Gasteiger partial charge in [-0.3, -0.25) is 4.79 Å². The van der Waals surface area contributed by atoms with Gasteiger partial charge in [0.1, 0.15) is 6.10 Å². The van der Waals surface area contributed by atoms with Crippen LogP contribution in [0.25, 0.3) is 0 Å². The summed E-state index contributed by atoms with van der Waals surface area (Å²) in [6, 6.07) is 3.98. The molecule has 0 N–H and O–H groups in total. The molecule has 3 fully saturated rings. The van der Waals surface area contributed by atoms with Gasteiger partial charge in [-0.2, -0.15) is 0 Å². The highest BCUT2D eigenvalue weighted by Gasteiger charge is 2.45. The second-order valence-corrected chi connectivity index (χ2v) is 9.35. The fraction of sp³-hybridized carbons (Fsp3) is 0.739. The first-order valence-corrected chi connectivity index (χ1v) is 11.0. The van der Waals surface area contributed by atoms with E-state index in [1.54, 1.807) is 6.20 Å². The smallest absolute Gasteiger partial charge is 0.228 e. The summed E-state index contributed by atoms with van der Waals surface area (Å²) in [7, 11) is 0. The minimum absolute atomic E-state index is 0.140. The van der Waals surface area contributed by atoms with Crippen LogP contribution >= 0.6 is 0 Å². The highest BCUT2D eigenvalue weighted by molar-refractivity contribution is 5.82. The predicted octanol–water partition coefficient (Wildman–Crippen LogP) is 4.28. The summed E-state index contributed by atoms with van der Waals surface area (Å²) in [5.74, 6) is 1.08. The molecule has 1 aromatic heterocycles. The van der Waals surface area contributed by atoms with Crippen molar-refractivity contribution >= 4 is 5.91 Å². The van der Waals surface area contributed by atoms with Gasteiger partial charge in [0.2, 0.25) is 11.8 Å². The Kier molecular flexibility index (Phi) is 5.64. The maximum absolute atomic E-state index is 13.1. The van der Waals surface area contributed by atoms with E-state index in [-0.39, 0.29) is 17.1 Å². The predicted molar refractivity (Wildman–Crippen MR) is 108 cm³/mol. The van der Waals surface area contributed by atoms with Crippen molar-refractivity contribution in [2.75, 3.05) is 19.7 Å². The van der Waals surface area contributed by atoms with Crippen LogP contribution in [0.15, 0.2) is 18.3 Å². The molecule has 1 spiro atoms. The molecule has 5 nitrogen and oxygen atoms in total. The van der Waals surface area contributed by atoms with Crippen molar-refractivity contribution in [1.29, 1.82) is 0 Å². The molecule has 28 heavy (non-hydrogen) atoms. The van der Waals surface area contributed by atoms with Gasteiger partial charge in [-0.05, 0) is 44.2 Å². The number of nitrogens with zero attached hydrogens (tertiary/aromatic N) is 2. The molecular formula is C23H34N2O3. The molecule has 0 bridgehead atoms. The largest absolute Gasteiger partial charge is 0.474 e. The molecular weight excluding hydrogens is 352 g/mol. The maximum Gasteiger partial charge on any atom is 0.228 e. The van der Waals surface area contributed by atoms with Crippen LogP contribution in [-0.4, -0.2) is 47.2 Å². The number of aromatic nitrogens is 1. The van der Waals surface area contributed by atoms with E-state index < -0.39 is 0 Å². The van der Waals surface area contributed by atoms with E-state index in [0.717, 1.165) is 63.8 Å². The van der Waals surface area contributed by atoms with Gasteiger partial charge in [0.15, 0.2) is 0 Å². The molecule has 5 heteroatoms. The van der Waals surface area contributed by atoms with Gasteiger partial charge in [0.05, 0.1) is 12.2 Å². The summed E-state index contributed by atoms with van der Waals surface area (Å²) in [5.41, 5.74) is 0.880. The summed E-state index contributed by atoms with van der Waals surface area (Å²) in [4.78, 5) is 19.6. The van der Waals surface area contributed by atoms with Crippen LogP contribution in [-0.2, 0) is 9.53 Å². The van der Waals surface area contributed by atoms with Crippen LogP contribution < -0.4 is 4.74 Å². The fourth-order valence-electron chi connectivity index (χ4n) is 5.22. The Labute approximate surface area is 168 Å². The lowest BCUT2D eigenvalue weighted by Crippen LogP contribution is -2.54. The number of piperidine rings is 1. The number of carbonyl (C=O) groups is 1. The van der Waals surface area contributed by atoms with Crippen molar-refractivity contribution < 1.29 is 14.3 Å². The van der Waals surface area contributed by atoms with Crippen molar-refractivity contribution in [1.82, 2.24) is 9.88 Å². The number of hydrogen-bond acceptors (Lipinski definition) is 4. The van der Waals surface area contributed by atoms with Crippen molar-refractivity contribution in [2.24, 2.45) is 5.41 Å². The van der Waals surface area contributed by atoms with Crippen LogP contribution in [0, 0.1) is 12.3 Å². The van der Waals surface area contributed by atoms with Gasteiger partial charge in [0.25, 0.3) is 0 Å². The lowest BCUT2D eigenvalue weighted by molar-refractivity contribution is -0.159. The lowest BCUT2D eigenvalue weighted by atomic mass is 9.74. The van der Waals surface area contributed by atoms with Crippen LogP contribution in [0.4, 0.5) is 0 Å². The normalized spacial score (nSPS) is 26.8. The summed E-state index contributed by atoms with van der Waals surface area (Å²) in [5, 5.41) is 0. The first kappa shape index (κ1) is 19.7. The number of carbonyl (C=O) groups excluding carboxylic acids is 1. The van der Waals surface area contributed by atoms with Crippen molar-refractivity contribution in [3.63, 3.8) is 0 Å². The third-order valence-electron chi connectivity index (χ3n) is 7.06. The monoisotopic (exact) mass is 386 g/mol. The molecule has 1 aromatic rings. The van der Waals surface area contributed by atoms with Gasteiger partial charge in [0, 0.05) is 43.6 Å². The first-order valence-electron chi connectivity index (χ1n) is 11.0. The highest BCUT2D eigenvalue weighted by Crippen LogP contribution is 2.41. The quantitative estimate of drug-likeness (QED) is 0.778. The number of ether oxygens (including phenoxy) is 2. The Balaban J connectivity index is 1.34. The van der Waals surface area contributed by atoms with Gasteiger partial charge in [-0.15, -0.1) is 0 Å². The average molecular weight is 387 g/mol. The molecule has 1 atom stereocenters. The van der Waals surface area contributed by atoms with Gasteiger partial charge < -0.3 is 14.4 Å². The van der Waals surface area contributed by atoms with Gasteiger partial charge in [-0.1, -0.05) is 26.2 Å². The molecule has 2 aliphatic heterocycles. The molecule has 1 amide bonds. The van der Waals surface area contributed by atoms with Crippen molar-refractivity contribution in [3.05, 3.63) is 23.9 Å². The SMILES string of the molecule is Cc1ccnc(OC2CCOC3(CCN(C(=O)C4(C)CCCCC4)CC3)C2)c1.